The van der Waals surface area contributed by atoms with Gasteiger partial charge in [-0.2, -0.15) is 0 Å². The fourth-order valence-corrected chi connectivity index (χ4v) is 3.13. The van der Waals surface area contributed by atoms with Gasteiger partial charge in [-0.05, 0) is 24.3 Å². The molecule has 0 bridgehead atoms. The number of carbonyl (C=O) groups is 2. The lowest BCUT2D eigenvalue weighted by molar-refractivity contribution is -0.917. The van der Waals surface area contributed by atoms with E-state index in [1.807, 2.05) is 47.4 Å². The Labute approximate surface area is 147 Å². The number of ether oxygens (including phenoxy) is 1. The van der Waals surface area contributed by atoms with Gasteiger partial charge in [0.1, 0.15) is 6.54 Å². The topological polar surface area (TPSA) is 51.1 Å². The molecule has 0 saturated carbocycles. The molecular weight excluding hydrogens is 316 g/mol. The number of nitrogens with one attached hydrogen (secondary N) is 1. The van der Waals surface area contributed by atoms with Gasteiger partial charge in [0.15, 0.2) is 0 Å². The first-order valence-corrected chi connectivity index (χ1v) is 8.52. The van der Waals surface area contributed by atoms with Gasteiger partial charge < -0.3 is 14.5 Å². The van der Waals surface area contributed by atoms with E-state index < -0.39 is 0 Å². The smallest absolute Gasteiger partial charge is 0.337 e. The molecule has 2 aromatic rings. The molecule has 1 amide bonds. The summed E-state index contributed by atoms with van der Waals surface area (Å²) in [6, 6.07) is 17.0. The Morgan fingerprint density at radius 1 is 0.960 bits per heavy atom. The van der Waals surface area contributed by atoms with Crippen LogP contribution in [0.25, 0.3) is 0 Å². The zero-order chi connectivity index (χ0) is 17.6. The molecule has 1 aliphatic heterocycles. The van der Waals surface area contributed by atoms with Crippen LogP contribution in [0.2, 0.25) is 0 Å². The number of nitrogens with zero attached hydrogens (tertiary/aromatic N) is 1. The van der Waals surface area contributed by atoms with Crippen LogP contribution < -0.4 is 4.90 Å². The van der Waals surface area contributed by atoms with Gasteiger partial charge in [-0.25, -0.2) is 4.79 Å². The third-order valence-corrected chi connectivity index (χ3v) is 4.61. The molecule has 0 spiro atoms. The fourth-order valence-electron chi connectivity index (χ4n) is 3.13. The predicted molar refractivity (Wildman–Crippen MR) is 94.5 cm³/mol. The summed E-state index contributed by atoms with van der Waals surface area (Å²) in [5.74, 6) is -0.200. The van der Waals surface area contributed by atoms with E-state index in [1.165, 1.54) is 17.6 Å². The van der Waals surface area contributed by atoms with Crippen molar-refractivity contribution in [3.8, 4) is 0 Å². The second-order valence-electron chi connectivity index (χ2n) is 6.27. The van der Waals surface area contributed by atoms with Gasteiger partial charge in [-0.15, -0.1) is 0 Å². The van der Waals surface area contributed by atoms with Gasteiger partial charge >= 0.3 is 5.97 Å². The first-order chi connectivity index (χ1) is 12.2. The average Bonchev–Trinajstić information content (AvgIpc) is 2.68. The molecule has 0 radical (unpaired) electrons. The van der Waals surface area contributed by atoms with Crippen molar-refractivity contribution < 1.29 is 19.2 Å². The molecule has 1 heterocycles. The molecule has 130 valence electrons. The number of hydrogen-bond acceptors (Lipinski definition) is 3. The van der Waals surface area contributed by atoms with Crippen LogP contribution in [0.1, 0.15) is 26.3 Å². The minimum absolute atomic E-state index is 0.113. The van der Waals surface area contributed by atoms with Gasteiger partial charge in [0.25, 0.3) is 5.91 Å². The fraction of sp³-hybridized carbons (Fsp3) is 0.300. The Hall–Kier alpha value is -2.66. The van der Waals surface area contributed by atoms with Crippen molar-refractivity contribution in [2.75, 3.05) is 33.3 Å². The Balaban J connectivity index is 1.52. The number of hydrogen-bond donors (Lipinski definition) is 1. The van der Waals surface area contributed by atoms with Crippen LogP contribution in [0.3, 0.4) is 0 Å². The van der Waals surface area contributed by atoms with E-state index in [2.05, 4.69) is 0 Å². The summed E-state index contributed by atoms with van der Waals surface area (Å²) in [5, 5.41) is 0. The van der Waals surface area contributed by atoms with Crippen LogP contribution in [0.15, 0.2) is 54.6 Å². The predicted octanol–water partition coefficient (Wildman–Crippen LogP) is 1.01. The molecule has 0 aliphatic carbocycles. The van der Waals surface area contributed by atoms with E-state index in [9.17, 15) is 9.59 Å². The summed E-state index contributed by atoms with van der Waals surface area (Å²) < 4.78 is 4.72. The summed E-state index contributed by atoms with van der Waals surface area (Å²) in [5.41, 5.74) is 2.51. The molecule has 0 atom stereocenters. The molecule has 1 aliphatic rings. The maximum absolute atomic E-state index is 12.5. The number of rotatable bonds is 4. The van der Waals surface area contributed by atoms with E-state index >= 15 is 0 Å². The first-order valence-electron chi connectivity index (χ1n) is 8.52. The number of esters is 1. The first kappa shape index (κ1) is 17.2. The van der Waals surface area contributed by atoms with Gasteiger partial charge in [-0.3, -0.25) is 4.79 Å². The standard InChI is InChI=1S/C20H22N2O3/c1-25-20(24)18-9-7-16(8-10-18)15-21-11-13-22(14-12-21)19(23)17-5-3-2-4-6-17/h2-10H,11-15H2,1H3/p+1. The van der Waals surface area contributed by atoms with Gasteiger partial charge in [-0.1, -0.05) is 30.3 Å². The summed E-state index contributed by atoms with van der Waals surface area (Å²) in [6.07, 6.45) is 0. The third-order valence-electron chi connectivity index (χ3n) is 4.61. The summed E-state index contributed by atoms with van der Waals surface area (Å²) in [4.78, 5) is 27.3. The summed E-state index contributed by atoms with van der Waals surface area (Å²) in [6.45, 7) is 4.29. The van der Waals surface area contributed by atoms with E-state index in [0.717, 1.165) is 38.3 Å². The second-order valence-corrected chi connectivity index (χ2v) is 6.27. The lowest BCUT2D eigenvalue weighted by atomic mass is 10.1. The highest BCUT2D eigenvalue weighted by atomic mass is 16.5. The molecule has 1 fully saturated rings. The van der Waals surface area contributed by atoms with Crippen molar-refractivity contribution in [2.45, 2.75) is 6.54 Å². The van der Waals surface area contributed by atoms with Crippen molar-refractivity contribution >= 4 is 11.9 Å². The number of benzene rings is 2. The van der Waals surface area contributed by atoms with Crippen LogP contribution in [-0.4, -0.2) is 50.1 Å². The molecule has 5 heteroatoms. The highest BCUT2D eigenvalue weighted by molar-refractivity contribution is 5.94. The van der Waals surface area contributed by atoms with Gasteiger partial charge in [0, 0.05) is 11.1 Å². The number of piperazine rings is 1. The van der Waals surface area contributed by atoms with Crippen LogP contribution in [0, 0.1) is 0 Å². The van der Waals surface area contributed by atoms with Crippen LogP contribution in [0.5, 0.6) is 0 Å². The molecule has 5 nitrogen and oxygen atoms in total. The van der Waals surface area contributed by atoms with Crippen LogP contribution in [-0.2, 0) is 11.3 Å². The Kier molecular flexibility index (Phi) is 5.46. The Morgan fingerprint density at radius 3 is 2.20 bits per heavy atom. The van der Waals surface area contributed by atoms with Crippen molar-refractivity contribution in [3.05, 3.63) is 71.3 Å². The maximum atomic E-state index is 12.5. The number of quaternary nitrogens is 1. The molecule has 2 aromatic carbocycles. The van der Waals surface area contributed by atoms with Crippen molar-refractivity contribution in [1.29, 1.82) is 0 Å². The zero-order valence-corrected chi connectivity index (χ0v) is 14.4. The van der Waals surface area contributed by atoms with E-state index in [-0.39, 0.29) is 11.9 Å². The van der Waals surface area contributed by atoms with Crippen molar-refractivity contribution in [1.82, 2.24) is 4.90 Å². The molecule has 1 saturated heterocycles. The molecule has 0 unspecified atom stereocenters. The number of methoxy groups -OCH3 is 1. The molecule has 0 aromatic heterocycles. The van der Waals surface area contributed by atoms with Crippen molar-refractivity contribution in [3.63, 3.8) is 0 Å². The quantitative estimate of drug-likeness (QED) is 0.846. The normalized spacial score (nSPS) is 15.0. The van der Waals surface area contributed by atoms with Gasteiger partial charge in [0.2, 0.25) is 0 Å². The molecule has 3 rings (SSSR count). The minimum atomic E-state index is -0.313. The van der Waals surface area contributed by atoms with E-state index in [0.29, 0.717) is 5.56 Å². The number of amides is 1. The number of carbonyl (C=O) groups excluding carboxylic acids is 2. The van der Waals surface area contributed by atoms with E-state index in [4.69, 9.17) is 4.74 Å². The van der Waals surface area contributed by atoms with Gasteiger partial charge in [0.05, 0.1) is 38.9 Å². The third kappa shape index (κ3) is 4.25. The van der Waals surface area contributed by atoms with Crippen LogP contribution >= 0.6 is 0 Å². The Bertz CT molecular complexity index is 720. The molecule has 1 N–H and O–H groups in total. The second kappa shape index (κ2) is 7.94. The lowest BCUT2D eigenvalue weighted by Gasteiger charge is -2.32. The Morgan fingerprint density at radius 2 is 1.60 bits per heavy atom. The highest BCUT2D eigenvalue weighted by Crippen LogP contribution is 2.07. The van der Waals surface area contributed by atoms with E-state index in [1.54, 1.807) is 12.1 Å². The molecular formula is C20H23N2O3+. The maximum Gasteiger partial charge on any atom is 0.337 e. The highest BCUT2D eigenvalue weighted by Gasteiger charge is 2.24. The average molecular weight is 339 g/mol. The lowest BCUT2D eigenvalue weighted by Crippen LogP contribution is -3.13. The molecule has 25 heavy (non-hydrogen) atoms. The largest absolute Gasteiger partial charge is 0.465 e. The monoisotopic (exact) mass is 339 g/mol. The zero-order valence-electron chi connectivity index (χ0n) is 14.4. The van der Waals surface area contributed by atoms with Crippen LogP contribution in [0.4, 0.5) is 0 Å². The summed E-state index contributed by atoms with van der Waals surface area (Å²) >= 11 is 0. The summed E-state index contributed by atoms with van der Waals surface area (Å²) in [7, 11) is 1.39. The SMILES string of the molecule is COC(=O)c1ccc(C[NH+]2CCN(C(=O)c3ccccc3)CC2)cc1. The minimum Gasteiger partial charge on any atom is -0.465 e. The van der Waals surface area contributed by atoms with Crippen molar-refractivity contribution in [2.24, 2.45) is 0 Å².